The summed E-state index contributed by atoms with van der Waals surface area (Å²) >= 11 is 0. The summed E-state index contributed by atoms with van der Waals surface area (Å²) in [6, 6.07) is 9.73. The molecule has 1 aromatic heterocycles. The maximum Gasteiger partial charge on any atom is 0.373 e. The van der Waals surface area contributed by atoms with Gasteiger partial charge in [-0.2, -0.15) is 0 Å². The number of hydrogen-bond acceptors (Lipinski definition) is 6. The first-order valence-corrected chi connectivity index (χ1v) is 6.71. The Morgan fingerprint density at radius 3 is 2.41 bits per heavy atom. The summed E-state index contributed by atoms with van der Waals surface area (Å²) in [6.07, 6.45) is 0. The number of furan rings is 1. The molecule has 6 nitrogen and oxygen atoms in total. The maximum absolute atomic E-state index is 11.5. The van der Waals surface area contributed by atoms with Crippen molar-refractivity contribution in [3.8, 4) is 5.75 Å². The molecule has 0 atom stereocenters. The minimum Gasteiger partial charge on any atom is -0.486 e. The van der Waals surface area contributed by atoms with Gasteiger partial charge in [-0.1, -0.05) is 0 Å². The van der Waals surface area contributed by atoms with Gasteiger partial charge in [0.05, 0.1) is 19.3 Å². The molecule has 116 valence electrons. The highest BCUT2D eigenvalue weighted by Gasteiger charge is 2.11. The number of methoxy groups -OCH3 is 1. The van der Waals surface area contributed by atoms with Crippen molar-refractivity contribution >= 4 is 11.9 Å². The van der Waals surface area contributed by atoms with Crippen LogP contribution in [0.2, 0.25) is 0 Å². The summed E-state index contributed by atoms with van der Waals surface area (Å²) < 4.78 is 20.2. The first kappa shape index (κ1) is 15.6. The molecule has 6 heteroatoms. The van der Waals surface area contributed by atoms with Crippen molar-refractivity contribution in [1.29, 1.82) is 0 Å². The van der Waals surface area contributed by atoms with E-state index < -0.39 is 5.97 Å². The molecule has 0 spiro atoms. The average Bonchev–Trinajstić information content (AvgIpc) is 3.02. The molecule has 0 saturated heterocycles. The van der Waals surface area contributed by atoms with E-state index in [1.54, 1.807) is 37.3 Å². The molecule has 0 bridgehead atoms. The van der Waals surface area contributed by atoms with Crippen molar-refractivity contribution in [3.05, 3.63) is 53.5 Å². The smallest absolute Gasteiger partial charge is 0.373 e. The van der Waals surface area contributed by atoms with Gasteiger partial charge in [-0.15, -0.1) is 0 Å². The highest BCUT2D eigenvalue weighted by atomic mass is 16.5. The Hall–Kier alpha value is -2.76. The summed E-state index contributed by atoms with van der Waals surface area (Å²) in [5.41, 5.74) is 0.458. The summed E-state index contributed by atoms with van der Waals surface area (Å²) in [6.45, 7) is 2.25. The van der Waals surface area contributed by atoms with Gasteiger partial charge in [-0.3, -0.25) is 0 Å². The van der Waals surface area contributed by atoms with Crippen LogP contribution in [0.25, 0.3) is 0 Å². The molecule has 0 radical (unpaired) electrons. The Bertz CT molecular complexity index is 641. The fourth-order valence-corrected chi connectivity index (χ4v) is 1.72. The summed E-state index contributed by atoms with van der Waals surface area (Å²) in [4.78, 5) is 22.8. The van der Waals surface area contributed by atoms with Crippen LogP contribution in [0.3, 0.4) is 0 Å². The van der Waals surface area contributed by atoms with Gasteiger partial charge in [0.25, 0.3) is 0 Å². The van der Waals surface area contributed by atoms with E-state index in [-0.39, 0.29) is 18.3 Å². The highest BCUT2D eigenvalue weighted by Crippen LogP contribution is 2.16. The van der Waals surface area contributed by atoms with E-state index in [0.717, 1.165) is 0 Å². The number of esters is 2. The van der Waals surface area contributed by atoms with E-state index in [9.17, 15) is 9.59 Å². The van der Waals surface area contributed by atoms with Crippen LogP contribution >= 0.6 is 0 Å². The van der Waals surface area contributed by atoms with E-state index in [0.29, 0.717) is 23.7 Å². The van der Waals surface area contributed by atoms with E-state index in [1.165, 1.54) is 13.2 Å². The van der Waals surface area contributed by atoms with Crippen molar-refractivity contribution in [1.82, 2.24) is 0 Å². The fourth-order valence-electron chi connectivity index (χ4n) is 1.72. The lowest BCUT2D eigenvalue weighted by molar-refractivity contribution is 0.0524. The van der Waals surface area contributed by atoms with Crippen LogP contribution in [0.15, 0.2) is 40.8 Å². The second-order valence-electron chi connectivity index (χ2n) is 4.29. The van der Waals surface area contributed by atoms with E-state index in [1.807, 2.05) is 0 Å². The number of carbonyl (C=O) groups is 2. The molecule has 1 aromatic carbocycles. The van der Waals surface area contributed by atoms with Crippen LogP contribution in [0, 0.1) is 0 Å². The van der Waals surface area contributed by atoms with Gasteiger partial charge in [-0.05, 0) is 43.3 Å². The monoisotopic (exact) mass is 304 g/mol. The molecule has 0 aliphatic rings. The lowest BCUT2D eigenvalue weighted by Crippen LogP contribution is -2.04. The molecule has 2 rings (SSSR count). The minimum absolute atomic E-state index is 0.124. The number of carbonyl (C=O) groups excluding carboxylic acids is 2. The number of ether oxygens (including phenoxy) is 3. The number of benzene rings is 1. The van der Waals surface area contributed by atoms with Crippen LogP contribution in [-0.4, -0.2) is 25.7 Å². The molecule has 0 unspecified atom stereocenters. The molecular formula is C16H16O6. The molecule has 22 heavy (non-hydrogen) atoms. The molecule has 0 aliphatic carbocycles. The molecule has 0 N–H and O–H groups in total. The van der Waals surface area contributed by atoms with Crippen molar-refractivity contribution in [3.63, 3.8) is 0 Å². The SMILES string of the molecule is CCOC(=O)c1ccc(OCc2ccc(C(=O)OC)o2)cc1. The normalized spacial score (nSPS) is 10.1. The van der Waals surface area contributed by atoms with E-state index >= 15 is 0 Å². The maximum atomic E-state index is 11.5. The number of hydrogen-bond donors (Lipinski definition) is 0. The second-order valence-corrected chi connectivity index (χ2v) is 4.29. The Labute approximate surface area is 127 Å². The van der Waals surface area contributed by atoms with Crippen molar-refractivity contribution in [2.75, 3.05) is 13.7 Å². The van der Waals surface area contributed by atoms with Gasteiger partial charge >= 0.3 is 11.9 Å². The molecule has 0 fully saturated rings. The third-order valence-electron chi connectivity index (χ3n) is 2.79. The van der Waals surface area contributed by atoms with E-state index in [4.69, 9.17) is 13.9 Å². The highest BCUT2D eigenvalue weighted by molar-refractivity contribution is 5.89. The van der Waals surface area contributed by atoms with Gasteiger partial charge in [0, 0.05) is 0 Å². The van der Waals surface area contributed by atoms with Gasteiger partial charge in [-0.25, -0.2) is 9.59 Å². The van der Waals surface area contributed by atoms with Gasteiger partial charge < -0.3 is 18.6 Å². The summed E-state index contributed by atoms with van der Waals surface area (Å²) in [5.74, 6) is 0.283. The van der Waals surface area contributed by atoms with Crippen LogP contribution in [0.4, 0.5) is 0 Å². The van der Waals surface area contributed by atoms with Gasteiger partial charge in [0.1, 0.15) is 18.1 Å². The van der Waals surface area contributed by atoms with E-state index in [2.05, 4.69) is 4.74 Å². The lowest BCUT2D eigenvalue weighted by Gasteiger charge is -2.05. The third kappa shape index (κ3) is 3.88. The molecule has 2 aromatic rings. The molecule has 1 heterocycles. The molecule has 0 aliphatic heterocycles. The third-order valence-corrected chi connectivity index (χ3v) is 2.79. The molecule has 0 amide bonds. The Morgan fingerprint density at radius 1 is 1.05 bits per heavy atom. The topological polar surface area (TPSA) is 75.0 Å². The fraction of sp³-hybridized carbons (Fsp3) is 0.250. The van der Waals surface area contributed by atoms with Gasteiger partial charge in [0.15, 0.2) is 0 Å². The zero-order chi connectivity index (χ0) is 15.9. The van der Waals surface area contributed by atoms with Crippen molar-refractivity contribution in [2.45, 2.75) is 13.5 Å². The van der Waals surface area contributed by atoms with Crippen LogP contribution in [-0.2, 0) is 16.1 Å². The Balaban J connectivity index is 1.93. The predicted molar refractivity (Wildman–Crippen MR) is 76.8 cm³/mol. The Kier molecular flexibility index (Phi) is 5.19. The van der Waals surface area contributed by atoms with Crippen LogP contribution < -0.4 is 4.74 Å². The number of rotatable bonds is 6. The largest absolute Gasteiger partial charge is 0.486 e. The predicted octanol–water partition coefficient (Wildman–Crippen LogP) is 2.82. The summed E-state index contributed by atoms with van der Waals surface area (Å²) in [5, 5.41) is 0. The average molecular weight is 304 g/mol. The second kappa shape index (κ2) is 7.31. The zero-order valence-corrected chi connectivity index (χ0v) is 12.3. The molecule has 0 saturated carbocycles. The Morgan fingerprint density at radius 2 is 1.77 bits per heavy atom. The minimum atomic E-state index is -0.537. The lowest BCUT2D eigenvalue weighted by atomic mass is 10.2. The zero-order valence-electron chi connectivity index (χ0n) is 12.3. The van der Waals surface area contributed by atoms with Gasteiger partial charge in [0.2, 0.25) is 5.76 Å². The molecular weight excluding hydrogens is 288 g/mol. The van der Waals surface area contributed by atoms with Crippen LogP contribution in [0.1, 0.15) is 33.6 Å². The standard InChI is InChI=1S/C16H16O6/c1-3-20-15(17)11-4-6-12(7-5-11)21-10-13-8-9-14(22-13)16(18)19-2/h4-9H,3,10H2,1-2H3. The first-order valence-electron chi connectivity index (χ1n) is 6.71. The van der Waals surface area contributed by atoms with Crippen molar-refractivity contribution in [2.24, 2.45) is 0 Å². The quantitative estimate of drug-likeness (QED) is 0.764. The summed E-state index contributed by atoms with van der Waals surface area (Å²) in [7, 11) is 1.28. The van der Waals surface area contributed by atoms with Crippen molar-refractivity contribution < 1.29 is 28.2 Å². The van der Waals surface area contributed by atoms with Crippen LogP contribution in [0.5, 0.6) is 5.75 Å². The first-order chi connectivity index (χ1) is 10.6.